The maximum atomic E-state index is 12.4. The van der Waals surface area contributed by atoms with Crippen LogP contribution in [0.25, 0.3) is 0 Å². The second-order valence-corrected chi connectivity index (χ2v) is 5.00. The summed E-state index contributed by atoms with van der Waals surface area (Å²) < 4.78 is 29.1. The molecule has 0 saturated carbocycles. The third-order valence-corrected chi connectivity index (χ3v) is 3.11. The average Bonchev–Trinajstić information content (AvgIpc) is 2.42. The Kier molecular flexibility index (Phi) is 7.51. The van der Waals surface area contributed by atoms with E-state index in [9.17, 15) is 13.6 Å². The molecule has 0 radical (unpaired) electrons. The van der Waals surface area contributed by atoms with Gasteiger partial charge in [-0.05, 0) is 18.6 Å². The Morgan fingerprint density at radius 2 is 2.05 bits per heavy atom. The zero-order valence-electron chi connectivity index (χ0n) is 11.3. The van der Waals surface area contributed by atoms with Gasteiger partial charge in [-0.2, -0.15) is 8.78 Å². The highest BCUT2D eigenvalue weighted by molar-refractivity contribution is 9.09. The number of amides is 1. The Balaban J connectivity index is 2.92. The summed E-state index contributed by atoms with van der Waals surface area (Å²) >= 11 is 3.30. The number of carbonyl (C=O) groups excluding carboxylic acids is 1. The van der Waals surface area contributed by atoms with Crippen LogP contribution in [-0.2, 0) is 0 Å². The normalized spacial score (nSPS) is 10.7. The Labute approximate surface area is 126 Å². The highest BCUT2D eigenvalue weighted by Crippen LogP contribution is 2.22. The molecular formula is C14H18BrF2NO2. The van der Waals surface area contributed by atoms with Crippen LogP contribution in [0.5, 0.6) is 5.75 Å². The number of alkyl halides is 3. The largest absolute Gasteiger partial charge is 0.434 e. The van der Waals surface area contributed by atoms with E-state index < -0.39 is 6.61 Å². The SMILES string of the molecule is CCCCN(CCBr)C(=O)c1ccccc1OC(F)F. The second-order valence-electron chi connectivity index (χ2n) is 4.21. The van der Waals surface area contributed by atoms with Gasteiger partial charge in [0, 0.05) is 18.4 Å². The van der Waals surface area contributed by atoms with Gasteiger partial charge in [0.2, 0.25) is 0 Å². The van der Waals surface area contributed by atoms with E-state index in [4.69, 9.17) is 0 Å². The van der Waals surface area contributed by atoms with E-state index in [1.165, 1.54) is 12.1 Å². The highest BCUT2D eigenvalue weighted by Gasteiger charge is 2.20. The van der Waals surface area contributed by atoms with E-state index in [1.54, 1.807) is 17.0 Å². The molecule has 0 spiro atoms. The molecule has 1 aromatic rings. The summed E-state index contributed by atoms with van der Waals surface area (Å²) in [6, 6.07) is 6.09. The van der Waals surface area contributed by atoms with E-state index in [1.807, 2.05) is 6.92 Å². The van der Waals surface area contributed by atoms with Gasteiger partial charge in [0.1, 0.15) is 5.75 Å². The van der Waals surface area contributed by atoms with Crippen molar-refractivity contribution < 1.29 is 18.3 Å². The van der Waals surface area contributed by atoms with Crippen LogP contribution in [0.4, 0.5) is 8.78 Å². The fourth-order valence-electron chi connectivity index (χ4n) is 1.78. The Bertz CT molecular complexity index is 429. The Morgan fingerprint density at radius 3 is 2.65 bits per heavy atom. The van der Waals surface area contributed by atoms with E-state index in [0.29, 0.717) is 18.4 Å². The third kappa shape index (κ3) is 5.07. The summed E-state index contributed by atoms with van der Waals surface area (Å²) in [6.45, 7) is 0.223. The zero-order chi connectivity index (χ0) is 15.0. The maximum absolute atomic E-state index is 12.4. The molecule has 0 atom stereocenters. The predicted octanol–water partition coefficient (Wildman–Crippen LogP) is 3.93. The van der Waals surface area contributed by atoms with Crippen molar-refractivity contribution in [2.24, 2.45) is 0 Å². The van der Waals surface area contributed by atoms with Crippen molar-refractivity contribution >= 4 is 21.8 Å². The van der Waals surface area contributed by atoms with Crippen LogP contribution in [0.3, 0.4) is 0 Å². The van der Waals surface area contributed by atoms with Gasteiger partial charge < -0.3 is 9.64 Å². The van der Waals surface area contributed by atoms with Crippen LogP contribution >= 0.6 is 15.9 Å². The minimum Gasteiger partial charge on any atom is -0.434 e. The maximum Gasteiger partial charge on any atom is 0.387 e. The topological polar surface area (TPSA) is 29.5 Å². The molecule has 112 valence electrons. The van der Waals surface area contributed by atoms with E-state index >= 15 is 0 Å². The number of ether oxygens (including phenoxy) is 1. The molecule has 0 aliphatic carbocycles. The minimum absolute atomic E-state index is 0.0800. The van der Waals surface area contributed by atoms with Gasteiger partial charge >= 0.3 is 6.61 Å². The molecule has 0 aliphatic heterocycles. The van der Waals surface area contributed by atoms with Crippen molar-refractivity contribution in [1.29, 1.82) is 0 Å². The van der Waals surface area contributed by atoms with E-state index in [2.05, 4.69) is 20.7 Å². The van der Waals surface area contributed by atoms with Crippen LogP contribution in [-0.4, -0.2) is 35.8 Å². The molecule has 1 rings (SSSR count). The van der Waals surface area contributed by atoms with Crippen LogP contribution in [0.2, 0.25) is 0 Å². The van der Waals surface area contributed by atoms with Gasteiger partial charge in [-0.15, -0.1) is 0 Å². The van der Waals surface area contributed by atoms with Gasteiger partial charge in [-0.3, -0.25) is 4.79 Å². The lowest BCUT2D eigenvalue weighted by atomic mass is 10.1. The first kappa shape index (κ1) is 16.9. The van der Waals surface area contributed by atoms with E-state index in [-0.39, 0.29) is 17.2 Å². The van der Waals surface area contributed by atoms with Crippen LogP contribution < -0.4 is 4.74 Å². The molecule has 1 aromatic carbocycles. The summed E-state index contributed by atoms with van der Waals surface area (Å²) in [4.78, 5) is 14.1. The highest BCUT2D eigenvalue weighted by atomic mass is 79.9. The number of halogens is 3. The summed E-state index contributed by atoms with van der Waals surface area (Å²) in [5.74, 6) is -0.363. The van der Waals surface area contributed by atoms with Gasteiger partial charge in [-0.1, -0.05) is 41.4 Å². The van der Waals surface area contributed by atoms with Crippen molar-refractivity contribution in [3.63, 3.8) is 0 Å². The molecule has 1 amide bonds. The molecule has 20 heavy (non-hydrogen) atoms. The molecule has 0 unspecified atom stereocenters. The Morgan fingerprint density at radius 1 is 1.35 bits per heavy atom. The third-order valence-electron chi connectivity index (χ3n) is 2.76. The number of rotatable bonds is 8. The predicted molar refractivity (Wildman–Crippen MR) is 77.7 cm³/mol. The molecule has 0 saturated heterocycles. The van der Waals surface area contributed by atoms with Gasteiger partial charge in [0.25, 0.3) is 5.91 Å². The zero-order valence-corrected chi connectivity index (χ0v) is 12.9. The molecule has 0 heterocycles. The summed E-state index contributed by atoms with van der Waals surface area (Å²) in [5, 5.41) is 0.639. The first-order chi connectivity index (χ1) is 9.60. The quantitative estimate of drug-likeness (QED) is 0.665. The number of para-hydroxylation sites is 1. The number of hydrogen-bond acceptors (Lipinski definition) is 2. The molecule has 0 aromatic heterocycles. The van der Waals surface area contributed by atoms with Crippen molar-refractivity contribution in [3.05, 3.63) is 29.8 Å². The molecule has 0 bridgehead atoms. The molecule has 0 fully saturated rings. The number of nitrogens with zero attached hydrogens (tertiary/aromatic N) is 1. The molecule has 6 heteroatoms. The van der Waals surface area contributed by atoms with Gasteiger partial charge in [-0.25, -0.2) is 0 Å². The van der Waals surface area contributed by atoms with Crippen molar-refractivity contribution in [3.8, 4) is 5.75 Å². The van der Waals surface area contributed by atoms with E-state index in [0.717, 1.165) is 12.8 Å². The van der Waals surface area contributed by atoms with Crippen molar-refractivity contribution in [1.82, 2.24) is 4.90 Å². The lowest BCUT2D eigenvalue weighted by Gasteiger charge is -2.22. The number of carbonyl (C=O) groups is 1. The number of benzene rings is 1. The van der Waals surface area contributed by atoms with Gasteiger partial charge in [0.05, 0.1) is 5.56 Å². The lowest BCUT2D eigenvalue weighted by Crippen LogP contribution is -2.34. The number of unbranched alkanes of at least 4 members (excludes halogenated alkanes) is 1. The first-order valence-electron chi connectivity index (χ1n) is 6.49. The number of hydrogen-bond donors (Lipinski definition) is 0. The van der Waals surface area contributed by atoms with Crippen LogP contribution in [0, 0.1) is 0 Å². The average molecular weight is 350 g/mol. The standard InChI is InChI=1S/C14H18BrF2NO2/c1-2-3-9-18(10-8-15)13(19)11-6-4-5-7-12(11)20-14(16)17/h4-7,14H,2-3,8-10H2,1H3. The van der Waals surface area contributed by atoms with Crippen LogP contribution in [0.15, 0.2) is 24.3 Å². The molecule has 0 aliphatic rings. The molecule has 0 N–H and O–H groups in total. The molecular weight excluding hydrogens is 332 g/mol. The monoisotopic (exact) mass is 349 g/mol. The Hall–Kier alpha value is -1.17. The summed E-state index contributed by atoms with van der Waals surface area (Å²) in [7, 11) is 0. The fraction of sp³-hybridized carbons (Fsp3) is 0.500. The summed E-state index contributed by atoms with van der Waals surface area (Å²) in [5.41, 5.74) is 0.171. The van der Waals surface area contributed by atoms with Crippen molar-refractivity contribution in [2.45, 2.75) is 26.4 Å². The lowest BCUT2D eigenvalue weighted by molar-refractivity contribution is -0.0502. The molecule has 3 nitrogen and oxygen atoms in total. The van der Waals surface area contributed by atoms with Crippen molar-refractivity contribution in [2.75, 3.05) is 18.4 Å². The van der Waals surface area contributed by atoms with Gasteiger partial charge in [0.15, 0.2) is 0 Å². The first-order valence-corrected chi connectivity index (χ1v) is 7.61. The van der Waals surface area contributed by atoms with Crippen LogP contribution in [0.1, 0.15) is 30.1 Å². The smallest absolute Gasteiger partial charge is 0.387 e. The second kappa shape index (κ2) is 8.89. The summed E-state index contributed by atoms with van der Waals surface area (Å²) in [6.07, 6.45) is 1.83. The fourth-order valence-corrected chi connectivity index (χ4v) is 2.21. The minimum atomic E-state index is -2.94.